The van der Waals surface area contributed by atoms with Crippen molar-refractivity contribution < 1.29 is 0 Å². The number of aromatic nitrogens is 1. The van der Waals surface area contributed by atoms with Crippen molar-refractivity contribution in [3.05, 3.63) is 24.0 Å². The zero-order chi connectivity index (χ0) is 12.6. The highest BCUT2D eigenvalue weighted by Crippen LogP contribution is 2.22. The first-order valence-electron chi connectivity index (χ1n) is 6.88. The van der Waals surface area contributed by atoms with E-state index in [1.807, 2.05) is 12.4 Å². The van der Waals surface area contributed by atoms with Crippen LogP contribution in [0.3, 0.4) is 0 Å². The molecule has 1 fully saturated rings. The minimum absolute atomic E-state index is 0.931. The molecule has 1 N–H and O–H groups in total. The third-order valence-electron chi connectivity index (χ3n) is 3.18. The van der Waals surface area contributed by atoms with Gasteiger partial charge in [0.15, 0.2) is 0 Å². The van der Waals surface area contributed by atoms with Crippen molar-refractivity contribution in [1.82, 2.24) is 10.3 Å². The van der Waals surface area contributed by atoms with E-state index in [0.29, 0.717) is 0 Å². The number of rotatable bonds is 5. The molecule has 0 unspecified atom stereocenters. The van der Waals surface area contributed by atoms with Crippen molar-refractivity contribution in [2.24, 2.45) is 0 Å². The van der Waals surface area contributed by atoms with Crippen LogP contribution in [0.15, 0.2) is 18.5 Å². The molecule has 1 aliphatic heterocycles. The van der Waals surface area contributed by atoms with Crippen molar-refractivity contribution in [2.75, 3.05) is 36.0 Å². The van der Waals surface area contributed by atoms with Gasteiger partial charge in [0.2, 0.25) is 0 Å². The minimum atomic E-state index is 0.931. The van der Waals surface area contributed by atoms with E-state index in [4.69, 9.17) is 0 Å². The zero-order valence-electron chi connectivity index (χ0n) is 11.2. The van der Waals surface area contributed by atoms with E-state index in [-0.39, 0.29) is 0 Å². The first kappa shape index (κ1) is 13.7. The van der Waals surface area contributed by atoms with E-state index >= 15 is 0 Å². The molecule has 1 aromatic heterocycles. The second kappa shape index (κ2) is 7.64. The SMILES string of the molecule is CCCNCc1cnccc1N1CCCSCC1. The van der Waals surface area contributed by atoms with Crippen molar-refractivity contribution in [1.29, 1.82) is 0 Å². The summed E-state index contributed by atoms with van der Waals surface area (Å²) in [5.74, 6) is 2.54. The van der Waals surface area contributed by atoms with Gasteiger partial charge in [-0.25, -0.2) is 0 Å². The summed E-state index contributed by atoms with van der Waals surface area (Å²) in [5.41, 5.74) is 2.70. The first-order chi connectivity index (χ1) is 8.92. The van der Waals surface area contributed by atoms with E-state index in [9.17, 15) is 0 Å². The monoisotopic (exact) mass is 265 g/mol. The lowest BCUT2D eigenvalue weighted by molar-refractivity contribution is 0.670. The number of hydrogen-bond donors (Lipinski definition) is 1. The van der Waals surface area contributed by atoms with Crippen LogP contribution in [0.1, 0.15) is 25.3 Å². The largest absolute Gasteiger partial charge is 0.370 e. The van der Waals surface area contributed by atoms with Crippen LogP contribution in [0.4, 0.5) is 5.69 Å². The molecular weight excluding hydrogens is 242 g/mol. The van der Waals surface area contributed by atoms with Gasteiger partial charge in [-0.05, 0) is 31.2 Å². The third kappa shape index (κ3) is 3.89. The summed E-state index contributed by atoms with van der Waals surface area (Å²) in [7, 11) is 0. The van der Waals surface area contributed by atoms with Crippen molar-refractivity contribution in [3.63, 3.8) is 0 Å². The highest BCUT2D eigenvalue weighted by atomic mass is 32.2. The molecule has 0 atom stereocenters. The second-order valence-corrected chi connectivity index (χ2v) is 5.86. The van der Waals surface area contributed by atoms with Gasteiger partial charge in [0.05, 0.1) is 0 Å². The summed E-state index contributed by atoms with van der Waals surface area (Å²) in [6.45, 7) is 6.54. The van der Waals surface area contributed by atoms with Gasteiger partial charge in [-0.3, -0.25) is 4.98 Å². The lowest BCUT2D eigenvalue weighted by Gasteiger charge is -2.25. The van der Waals surface area contributed by atoms with E-state index in [2.05, 4.69) is 40.0 Å². The first-order valence-corrected chi connectivity index (χ1v) is 8.03. The fourth-order valence-corrected chi connectivity index (χ4v) is 3.14. The fraction of sp³-hybridized carbons (Fsp3) is 0.643. The summed E-state index contributed by atoms with van der Waals surface area (Å²) >= 11 is 2.07. The average molecular weight is 265 g/mol. The molecule has 0 amide bonds. The van der Waals surface area contributed by atoms with E-state index in [0.717, 1.165) is 19.6 Å². The zero-order valence-corrected chi connectivity index (χ0v) is 12.0. The maximum atomic E-state index is 4.27. The van der Waals surface area contributed by atoms with Crippen LogP contribution in [-0.4, -0.2) is 36.1 Å². The lowest BCUT2D eigenvalue weighted by Crippen LogP contribution is -2.27. The Balaban J connectivity index is 2.05. The summed E-state index contributed by atoms with van der Waals surface area (Å²) in [6, 6.07) is 2.17. The predicted octanol–water partition coefficient (Wildman–Crippen LogP) is 2.52. The standard InChI is InChI=1S/C14H23N3S/c1-2-5-15-11-13-12-16-6-4-14(13)17-7-3-9-18-10-8-17/h4,6,12,15H,2-3,5,7-11H2,1H3. The van der Waals surface area contributed by atoms with Gasteiger partial charge in [0.1, 0.15) is 0 Å². The molecule has 0 aliphatic carbocycles. The highest BCUT2D eigenvalue weighted by molar-refractivity contribution is 7.99. The summed E-state index contributed by atoms with van der Waals surface area (Å²) in [4.78, 5) is 6.79. The molecule has 1 aromatic rings. The van der Waals surface area contributed by atoms with Crippen molar-refractivity contribution in [2.45, 2.75) is 26.3 Å². The number of anilines is 1. The van der Waals surface area contributed by atoms with Gasteiger partial charge in [0.25, 0.3) is 0 Å². The molecule has 2 rings (SSSR count). The second-order valence-electron chi connectivity index (χ2n) is 4.63. The third-order valence-corrected chi connectivity index (χ3v) is 4.23. The summed E-state index contributed by atoms with van der Waals surface area (Å²) < 4.78 is 0. The molecule has 0 bridgehead atoms. The molecule has 1 aliphatic rings. The van der Waals surface area contributed by atoms with Crippen LogP contribution >= 0.6 is 11.8 Å². The Hall–Kier alpha value is -0.740. The molecule has 3 nitrogen and oxygen atoms in total. The molecule has 0 radical (unpaired) electrons. The summed E-state index contributed by atoms with van der Waals surface area (Å²) in [5, 5.41) is 3.47. The maximum absolute atomic E-state index is 4.27. The highest BCUT2D eigenvalue weighted by Gasteiger charge is 2.13. The maximum Gasteiger partial charge on any atom is 0.0443 e. The number of hydrogen-bond acceptors (Lipinski definition) is 4. The van der Waals surface area contributed by atoms with Crippen LogP contribution in [0.2, 0.25) is 0 Å². The van der Waals surface area contributed by atoms with Gasteiger partial charge in [-0.1, -0.05) is 6.92 Å². The summed E-state index contributed by atoms with van der Waals surface area (Å²) in [6.07, 6.45) is 6.39. The molecular formula is C14H23N3S. The molecule has 0 spiro atoms. The van der Waals surface area contributed by atoms with Crippen LogP contribution in [-0.2, 0) is 6.54 Å². The van der Waals surface area contributed by atoms with Crippen LogP contribution < -0.4 is 10.2 Å². The molecule has 18 heavy (non-hydrogen) atoms. The Morgan fingerprint density at radius 2 is 2.33 bits per heavy atom. The number of thioether (sulfide) groups is 1. The fourth-order valence-electron chi connectivity index (χ4n) is 2.25. The van der Waals surface area contributed by atoms with Gasteiger partial charge in [-0.15, -0.1) is 0 Å². The van der Waals surface area contributed by atoms with Crippen molar-refractivity contribution >= 4 is 17.4 Å². The van der Waals surface area contributed by atoms with Gasteiger partial charge in [0, 0.05) is 49.0 Å². The molecule has 0 saturated carbocycles. The van der Waals surface area contributed by atoms with Crippen molar-refractivity contribution in [3.8, 4) is 0 Å². The lowest BCUT2D eigenvalue weighted by atomic mass is 10.2. The Morgan fingerprint density at radius 1 is 1.39 bits per heavy atom. The molecule has 100 valence electrons. The minimum Gasteiger partial charge on any atom is -0.370 e. The number of pyridine rings is 1. The number of nitrogens with zero attached hydrogens (tertiary/aromatic N) is 2. The molecule has 4 heteroatoms. The Morgan fingerprint density at radius 3 is 3.22 bits per heavy atom. The van der Waals surface area contributed by atoms with Gasteiger partial charge >= 0.3 is 0 Å². The average Bonchev–Trinajstić information content (AvgIpc) is 2.68. The molecule has 1 saturated heterocycles. The quantitative estimate of drug-likeness (QED) is 0.828. The Kier molecular flexibility index (Phi) is 5.81. The topological polar surface area (TPSA) is 28.2 Å². The number of nitrogens with one attached hydrogen (secondary N) is 1. The van der Waals surface area contributed by atoms with Gasteiger partial charge < -0.3 is 10.2 Å². The Bertz CT molecular complexity index is 349. The Labute approximate surface area is 114 Å². The van der Waals surface area contributed by atoms with Crippen LogP contribution in [0.5, 0.6) is 0 Å². The van der Waals surface area contributed by atoms with E-state index in [1.54, 1.807) is 0 Å². The van der Waals surface area contributed by atoms with E-state index < -0.39 is 0 Å². The van der Waals surface area contributed by atoms with Crippen LogP contribution in [0.25, 0.3) is 0 Å². The van der Waals surface area contributed by atoms with E-state index in [1.165, 1.54) is 42.1 Å². The van der Waals surface area contributed by atoms with Gasteiger partial charge in [-0.2, -0.15) is 11.8 Å². The smallest absolute Gasteiger partial charge is 0.0443 e. The normalized spacial score (nSPS) is 16.6. The molecule has 0 aromatic carbocycles. The molecule has 2 heterocycles. The van der Waals surface area contributed by atoms with Crippen LogP contribution in [0, 0.1) is 0 Å². The predicted molar refractivity (Wildman–Crippen MR) is 80.4 cm³/mol.